The van der Waals surface area contributed by atoms with Gasteiger partial charge in [0.2, 0.25) is 11.8 Å². The molecule has 5 rings (SSSR count). The van der Waals surface area contributed by atoms with Gasteiger partial charge in [-0.2, -0.15) is 0 Å². The van der Waals surface area contributed by atoms with Gasteiger partial charge in [-0.05, 0) is 65.8 Å². The zero-order valence-electron chi connectivity index (χ0n) is 19.2. The molecule has 8 heteroatoms. The van der Waals surface area contributed by atoms with Crippen LogP contribution in [0.4, 0.5) is 17.1 Å². The van der Waals surface area contributed by atoms with Gasteiger partial charge >= 0.3 is 0 Å². The number of fused-ring (bicyclic) bond motifs is 1. The number of amides is 2. The minimum Gasteiger partial charge on any atom is -0.381 e. The molecule has 3 atom stereocenters. The predicted molar refractivity (Wildman–Crippen MR) is 142 cm³/mol. The van der Waals surface area contributed by atoms with Crippen LogP contribution in [0, 0.1) is 9.49 Å². The summed E-state index contributed by atoms with van der Waals surface area (Å²) in [4.78, 5) is 29.4. The minimum atomic E-state index is -0.0798. The Bertz CT molecular complexity index is 1110. The zero-order valence-corrected chi connectivity index (χ0v) is 21.3. The molecule has 0 bridgehead atoms. The molecule has 2 aromatic carbocycles. The van der Waals surface area contributed by atoms with Crippen LogP contribution in [0.15, 0.2) is 54.6 Å². The topological polar surface area (TPSA) is 73.9 Å². The minimum absolute atomic E-state index is 0.0349. The summed E-state index contributed by atoms with van der Waals surface area (Å²) in [6.45, 7) is 6.07. The molecule has 0 saturated carbocycles. The van der Waals surface area contributed by atoms with Gasteiger partial charge in [0.05, 0.1) is 24.3 Å². The molecule has 178 valence electrons. The monoisotopic (exact) mass is 572 g/mol. The zero-order chi connectivity index (χ0) is 23.7. The number of piperazine rings is 1. The maximum Gasteiger partial charge on any atom is 0.248 e. The Morgan fingerprint density at radius 3 is 2.82 bits per heavy atom. The lowest BCUT2D eigenvalue weighted by atomic mass is 10.0. The van der Waals surface area contributed by atoms with E-state index in [0.717, 1.165) is 46.6 Å². The van der Waals surface area contributed by atoms with Gasteiger partial charge in [-0.3, -0.25) is 14.5 Å². The predicted octanol–water partition coefficient (Wildman–Crippen LogP) is 4.03. The lowest BCUT2D eigenvalue weighted by Crippen LogP contribution is -2.52. The number of nitrogens with one attached hydrogen (secondary N) is 2. The summed E-state index contributed by atoms with van der Waals surface area (Å²) < 4.78 is 6.46. The fraction of sp³-hybridized carbons (Fsp3) is 0.385. The molecule has 0 aromatic heterocycles. The van der Waals surface area contributed by atoms with Crippen LogP contribution < -0.4 is 15.5 Å². The number of carbonyl (C=O) groups is 2. The number of anilines is 3. The largest absolute Gasteiger partial charge is 0.381 e. The molecule has 2 fully saturated rings. The fourth-order valence-electron chi connectivity index (χ4n) is 5.04. The number of hydrogen-bond donors (Lipinski definition) is 2. The quantitative estimate of drug-likeness (QED) is 0.542. The van der Waals surface area contributed by atoms with Crippen molar-refractivity contribution in [3.8, 4) is 0 Å². The van der Waals surface area contributed by atoms with Crippen LogP contribution in [0.1, 0.15) is 24.9 Å². The first-order valence-corrected chi connectivity index (χ1v) is 12.8. The van der Waals surface area contributed by atoms with Gasteiger partial charge in [-0.15, -0.1) is 0 Å². The van der Waals surface area contributed by atoms with Crippen molar-refractivity contribution in [1.29, 1.82) is 0 Å². The number of rotatable bonds is 4. The average Bonchev–Trinajstić information content (AvgIpc) is 3.30. The van der Waals surface area contributed by atoms with Crippen molar-refractivity contribution in [2.75, 3.05) is 48.4 Å². The standard InChI is InChI=1S/C26H29IN4O3/c1-17-15-30(23-8-9-25(32)29-22-5-3-2-4-20(22)23)11-12-31(17)24-7-6-19(14-21(24)27)28-26(33)18-10-13-34-16-18/h2-9,14,17-18,23H,10-13,15-16H2,1H3,(H,28,33)(H,29,32)/t17-,18?,23?/m1/s1. The van der Waals surface area contributed by atoms with Crippen molar-refractivity contribution in [3.63, 3.8) is 0 Å². The molecule has 2 aromatic rings. The van der Waals surface area contributed by atoms with Crippen molar-refractivity contribution in [2.24, 2.45) is 5.92 Å². The smallest absolute Gasteiger partial charge is 0.248 e. The van der Waals surface area contributed by atoms with E-state index in [0.29, 0.717) is 19.3 Å². The Balaban J connectivity index is 1.28. The molecular formula is C26H29IN4O3. The third-order valence-corrected chi connectivity index (χ3v) is 7.71. The third kappa shape index (κ3) is 4.85. The van der Waals surface area contributed by atoms with Crippen LogP contribution in [0.25, 0.3) is 0 Å². The summed E-state index contributed by atoms with van der Waals surface area (Å²) in [5.74, 6) is -0.101. The van der Waals surface area contributed by atoms with Gasteiger partial charge in [-0.25, -0.2) is 0 Å². The maximum absolute atomic E-state index is 12.4. The molecule has 2 amide bonds. The summed E-state index contributed by atoms with van der Waals surface area (Å²) in [7, 11) is 0. The third-order valence-electron chi connectivity index (χ3n) is 6.84. The molecule has 0 spiro atoms. The normalized spacial score (nSPS) is 24.9. The Kier molecular flexibility index (Phi) is 6.89. The number of halogens is 1. The molecule has 0 aliphatic carbocycles. The lowest BCUT2D eigenvalue weighted by molar-refractivity contribution is -0.119. The Hall–Kier alpha value is -2.43. The average molecular weight is 572 g/mol. The van der Waals surface area contributed by atoms with Crippen LogP contribution in [0.5, 0.6) is 0 Å². The number of ether oxygens (including phenoxy) is 1. The highest BCUT2D eigenvalue weighted by molar-refractivity contribution is 14.1. The second kappa shape index (κ2) is 10.1. The van der Waals surface area contributed by atoms with Crippen molar-refractivity contribution in [2.45, 2.75) is 25.4 Å². The SMILES string of the molecule is C[C@@H]1CN(C2C=CC(=O)Nc3ccccc32)CCN1c1ccc(NC(=O)C2CCOC2)cc1I. The number of carbonyl (C=O) groups excluding carboxylic acids is 2. The van der Waals surface area contributed by atoms with E-state index in [4.69, 9.17) is 4.74 Å². The fourth-order valence-corrected chi connectivity index (χ4v) is 5.87. The van der Waals surface area contributed by atoms with Crippen molar-refractivity contribution in [1.82, 2.24) is 4.90 Å². The Morgan fingerprint density at radius 1 is 1.21 bits per heavy atom. The molecule has 2 unspecified atom stereocenters. The second-order valence-electron chi connectivity index (χ2n) is 9.13. The summed E-state index contributed by atoms with van der Waals surface area (Å²) in [5, 5.41) is 6.02. The van der Waals surface area contributed by atoms with Crippen molar-refractivity contribution < 1.29 is 14.3 Å². The summed E-state index contributed by atoms with van der Waals surface area (Å²) in [6, 6.07) is 14.6. The van der Waals surface area contributed by atoms with E-state index < -0.39 is 0 Å². The van der Waals surface area contributed by atoms with E-state index in [1.807, 2.05) is 36.4 Å². The molecule has 7 nitrogen and oxygen atoms in total. The van der Waals surface area contributed by atoms with Crippen LogP contribution >= 0.6 is 22.6 Å². The first-order valence-electron chi connectivity index (χ1n) is 11.8. The lowest BCUT2D eigenvalue weighted by Gasteiger charge is -2.44. The molecule has 3 aliphatic heterocycles. The molecule has 3 aliphatic rings. The highest BCUT2D eigenvalue weighted by Gasteiger charge is 2.31. The van der Waals surface area contributed by atoms with Crippen LogP contribution in [0.3, 0.4) is 0 Å². The van der Waals surface area contributed by atoms with Gasteiger partial charge in [0.15, 0.2) is 0 Å². The van der Waals surface area contributed by atoms with Crippen LogP contribution in [-0.4, -0.2) is 55.6 Å². The van der Waals surface area contributed by atoms with E-state index in [1.165, 1.54) is 5.69 Å². The number of nitrogens with zero attached hydrogens (tertiary/aromatic N) is 2. The van der Waals surface area contributed by atoms with E-state index in [1.54, 1.807) is 6.08 Å². The van der Waals surface area contributed by atoms with E-state index in [2.05, 4.69) is 62.1 Å². The van der Waals surface area contributed by atoms with Gasteiger partial charge in [0.1, 0.15) is 0 Å². The summed E-state index contributed by atoms with van der Waals surface area (Å²) >= 11 is 2.36. The van der Waals surface area contributed by atoms with Crippen LogP contribution in [-0.2, 0) is 14.3 Å². The van der Waals surface area contributed by atoms with Crippen LogP contribution in [0.2, 0.25) is 0 Å². The van der Waals surface area contributed by atoms with E-state index >= 15 is 0 Å². The molecule has 3 heterocycles. The number of hydrogen-bond acceptors (Lipinski definition) is 5. The van der Waals surface area contributed by atoms with Gasteiger partial charge in [0.25, 0.3) is 0 Å². The molecule has 2 saturated heterocycles. The van der Waals surface area contributed by atoms with E-state index in [-0.39, 0.29) is 23.8 Å². The highest BCUT2D eigenvalue weighted by atomic mass is 127. The molecular weight excluding hydrogens is 543 g/mol. The van der Waals surface area contributed by atoms with Crippen molar-refractivity contribution >= 4 is 51.5 Å². The molecule has 34 heavy (non-hydrogen) atoms. The second-order valence-corrected chi connectivity index (χ2v) is 10.3. The first kappa shape index (κ1) is 23.3. The van der Waals surface area contributed by atoms with Gasteiger partial charge in [-0.1, -0.05) is 24.3 Å². The van der Waals surface area contributed by atoms with E-state index in [9.17, 15) is 9.59 Å². The summed E-state index contributed by atoms with van der Waals surface area (Å²) in [6.07, 6.45) is 4.45. The van der Waals surface area contributed by atoms with Gasteiger partial charge < -0.3 is 20.3 Å². The number of benzene rings is 2. The van der Waals surface area contributed by atoms with Gasteiger partial charge in [0, 0.05) is 53.3 Å². The maximum atomic E-state index is 12.4. The molecule has 2 N–H and O–H groups in total. The highest BCUT2D eigenvalue weighted by Crippen LogP contribution is 2.35. The Labute approximate surface area is 213 Å². The number of para-hydroxylation sites is 1. The first-order chi connectivity index (χ1) is 16.5. The molecule has 0 radical (unpaired) electrons. The van der Waals surface area contributed by atoms with Crippen molar-refractivity contribution in [3.05, 3.63) is 63.8 Å². The summed E-state index contributed by atoms with van der Waals surface area (Å²) in [5.41, 5.74) is 4.03. The Morgan fingerprint density at radius 2 is 2.06 bits per heavy atom.